The molecule has 1 unspecified atom stereocenters. The molecule has 68 valence electrons. The minimum Gasteiger partial charge on any atom is -0.396 e. The average molecular weight is 180 g/mol. The van der Waals surface area contributed by atoms with Gasteiger partial charge >= 0.3 is 0 Å². The van der Waals surface area contributed by atoms with Crippen LogP contribution in [0.2, 0.25) is 0 Å². The topological polar surface area (TPSA) is 32.3 Å². The molecule has 0 bridgehead atoms. The van der Waals surface area contributed by atoms with Crippen LogP contribution in [-0.2, 0) is 0 Å². The molecular formula is C8H18ClNO. The van der Waals surface area contributed by atoms with Crippen LogP contribution in [0.4, 0.5) is 0 Å². The summed E-state index contributed by atoms with van der Waals surface area (Å²) in [6.07, 6.45) is 4.85. The first kappa shape index (κ1) is 11.2. The molecule has 1 heterocycles. The maximum atomic E-state index is 8.58. The third-order valence-corrected chi connectivity index (χ3v) is 2.17. The van der Waals surface area contributed by atoms with E-state index in [9.17, 15) is 0 Å². The summed E-state index contributed by atoms with van der Waals surface area (Å²) in [6.45, 7) is 2.71. The molecular weight excluding hydrogens is 162 g/mol. The highest BCUT2D eigenvalue weighted by molar-refractivity contribution is 5.85. The smallest absolute Gasteiger partial charge is 0.0431 e. The molecule has 1 aliphatic heterocycles. The fraction of sp³-hybridized carbons (Fsp3) is 1.00. The van der Waals surface area contributed by atoms with Crippen molar-refractivity contribution in [3.8, 4) is 0 Å². The van der Waals surface area contributed by atoms with Crippen LogP contribution in [0.5, 0.6) is 0 Å². The van der Waals surface area contributed by atoms with Gasteiger partial charge in [-0.1, -0.05) is 0 Å². The zero-order valence-corrected chi connectivity index (χ0v) is 7.70. The Morgan fingerprint density at radius 3 is 2.82 bits per heavy atom. The van der Waals surface area contributed by atoms with Crippen LogP contribution < -0.4 is 5.32 Å². The molecule has 0 saturated carbocycles. The van der Waals surface area contributed by atoms with Crippen molar-refractivity contribution >= 4 is 12.4 Å². The summed E-state index contributed by atoms with van der Waals surface area (Å²) in [6, 6.07) is 0. The van der Waals surface area contributed by atoms with Gasteiger partial charge in [0.1, 0.15) is 0 Å². The van der Waals surface area contributed by atoms with Crippen molar-refractivity contribution in [1.82, 2.24) is 5.32 Å². The highest BCUT2D eigenvalue weighted by Crippen LogP contribution is 2.14. The van der Waals surface area contributed by atoms with Crippen molar-refractivity contribution in [3.05, 3.63) is 0 Å². The lowest BCUT2D eigenvalue weighted by Crippen LogP contribution is -2.29. The Balaban J connectivity index is 0.000001000. The number of hydrogen-bond donors (Lipinski definition) is 2. The van der Waals surface area contributed by atoms with Crippen molar-refractivity contribution in [2.24, 2.45) is 5.92 Å². The summed E-state index contributed by atoms with van der Waals surface area (Å²) in [7, 11) is 0. The summed E-state index contributed by atoms with van der Waals surface area (Å²) < 4.78 is 0. The second kappa shape index (κ2) is 6.89. The van der Waals surface area contributed by atoms with Crippen molar-refractivity contribution in [2.75, 3.05) is 19.7 Å². The highest BCUT2D eigenvalue weighted by Gasteiger charge is 2.11. The second-order valence-electron chi connectivity index (χ2n) is 3.08. The largest absolute Gasteiger partial charge is 0.396 e. The maximum absolute atomic E-state index is 8.58. The molecule has 0 aromatic rings. The van der Waals surface area contributed by atoms with Crippen LogP contribution in [-0.4, -0.2) is 24.8 Å². The van der Waals surface area contributed by atoms with Gasteiger partial charge in [-0.2, -0.15) is 0 Å². The van der Waals surface area contributed by atoms with Gasteiger partial charge in [0.2, 0.25) is 0 Å². The zero-order chi connectivity index (χ0) is 7.23. The summed E-state index contributed by atoms with van der Waals surface area (Å²) >= 11 is 0. The lowest BCUT2D eigenvalue weighted by atomic mass is 9.95. The zero-order valence-electron chi connectivity index (χ0n) is 6.88. The molecule has 0 spiro atoms. The van der Waals surface area contributed by atoms with Crippen LogP contribution in [0.1, 0.15) is 25.7 Å². The fourth-order valence-electron chi connectivity index (χ4n) is 1.55. The summed E-state index contributed by atoms with van der Waals surface area (Å²) in [5.41, 5.74) is 0. The van der Waals surface area contributed by atoms with Gasteiger partial charge in [-0.15, -0.1) is 12.4 Å². The predicted octanol–water partition coefficient (Wildman–Crippen LogP) is 1.18. The van der Waals surface area contributed by atoms with E-state index in [4.69, 9.17) is 5.11 Å². The van der Waals surface area contributed by atoms with E-state index >= 15 is 0 Å². The summed E-state index contributed by atoms with van der Waals surface area (Å²) in [5.74, 6) is 0.834. The summed E-state index contributed by atoms with van der Waals surface area (Å²) in [5, 5.41) is 11.9. The molecule has 0 aromatic carbocycles. The Labute approximate surface area is 74.8 Å². The minimum absolute atomic E-state index is 0. The molecule has 0 amide bonds. The Morgan fingerprint density at radius 2 is 2.27 bits per heavy atom. The number of aliphatic hydroxyl groups is 1. The molecule has 0 aliphatic carbocycles. The first-order valence-corrected chi connectivity index (χ1v) is 4.25. The average Bonchev–Trinajstić information content (AvgIpc) is 2.03. The van der Waals surface area contributed by atoms with Gasteiger partial charge in [0.25, 0.3) is 0 Å². The molecule has 1 saturated heterocycles. The number of nitrogens with one attached hydrogen (secondary N) is 1. The molecule has 1 rings (SSSR count). The van der Waals surface area contributed by atoms with E-state index in [2.05, 4.69) is 5.32 Å². The van der Waals surface area contributed by atoms with Crippen LogP contribution in [0.3, 0.4) is 0 Å². The minimum atomic E-state index is 0. The number of hydrogen-bond acceptors (Lipinski definition) is 2. The van der Waals surface area contributed by atoms with E-state index in [0.29, 0.717) is 6.61 Å². The van der Waals surface area contributed by atoms with Crippen molar-refractivity contribution in [2.45, 2.75) is 25.7 Å². The Bertz CT molecular complexity index is 84.2. The lowest BCUT2D eigenvalue weighted by Gasteiger charge is -2.21. The fourth-order valence-corrected chi connectivity index (χ4v) is 1.55. The Hall–Kier alpha value is 0.210. The van der Waals surface area contributed by atoms with E-state index < -0.39 is 0 Å². The van der Waals surface area contributed by atoms with Crippen molar-refractivity contribution in [1.29, 1.82) is 0 Å². The van der Waals surface area contributed by atoms with Gasteiger partial charge in [-0.05, 0) is 44.7 Å². The van der Waals surface area contributed by atoms with E-state index in [1.54, 1.807) is 0 Å². The first-order valence-electron chi connectivity index (χ1n) is 4.25. The lowest BCUT2D eigenvalue weighted by molar-refractivity contribution is 0.258. The van der Waals surface area contributed by atoms with Crippen LogP contribution in [0, 0.1) is 5.92 Å². The van der Waals surface area contributed by atoms with Gasteiger partial charge in [0, 0.05) is 6.61 Å². The van der Waals surface area contributed by atoms with Crippen molar-refractivity contribution in [3.63, 3.8) is 0 Å². The molecule has 3 heteroatoms. The predicted molar refractivity (Wildman–Crippen MR) is 49.2 cm³/mol. The molecule has 11 heavy (non-hydrogen) atoms. The second-order valence-corrected chi connectivity index (χ2v) is 3.08. The van der Waals surface area contributed by atoms with Gasteiger partial charge in [-0.3, -0.25) is 0 Å². The molecule has 1 fully saturated rings. The van der Waals surface area contributed by atoms with Gasteiger partial charge in [0.05, 0.1) is 0 Å². The van der Waals surface area contributed by atoms with Crippen LogP contribution >= 0.6 is 12.4 Å². The molecule has 0 radical (unpaired) electrons. The van der Waals surface area contributed by atoms with E-state index in [1.807, 2.05) is 0 Å². The Kier molecular flexibility index (Phi) is 7.02. The Morgan fingerprint density at radius 1 is 1.45 bits per heavy atom. The molecule has 2 nitrogen and oxygen atoms in total. The maximum Gasteiger partial charge on any atom is 0.0431 e. The van der Waals surface area contributed by atoms with E-state index in [-0.39, 0.29) is 12.4 Å². The third-order valence-electron chi connectivity index (χ3n) is 2.17. The van der Waals surface area contributed by atoms with Crippen LogP contribution in [0.25, 0.3) is 0 Å². The normalized spacial score (nSPS) is 24.3. The number of aliphatic hydroxyl groups excluding tert-OH is 1. The quantitative estimate of drug-likeness (QED) is 0.682. The van der Waals surface area contributed by atoms with E-state index in [1.165, 1.54) is 32.4 Å². The van der Waals surface area contributed by atoms with Gasteiger partial charge in [0.15, 0.2) is 0 Å². The highest BCUT2D eigenvalue weighted by atomic mass is 35.5. The molecule has 2 N–H and O–H groups in total. The van der Waals surface area contributed by atoms with Crippen LogP contribution in [0.15, 0.2) is 0 Å². The number of piperidine rings is 1. The third kappa shape index (κ3) is 4.62. The molecule has 1 atom stereocenters. The van der Waals surface area contributed by atoms with Crippen molar-refractivity contribution < 1.29 is 5.11 Å². The van der Waals surface area contributed by atoms with Gasteiger partial charge in [-0.25, -0.2) is 0 Å². The van der Waals surface area contributed by atoms with E-state index in [0.717, 1.165) is 12.3 Å². The van der Waals surface area contributed by atoms with Gasteiger partial charge < -0.3 is 10.4 Å². The standard InChI is InChI=1S/C8H17NO.ClH/c10-6-2-4-8-3-1-5-9-7-8;/h8-10H,1-7H2;1H. The number of halogens is 1. The molecule has 1 aliphatic rings. The molecule has 0 aromatic heterocycles. The summed E-state index contributed by atoms with van der Waals surface area (Å²) in [4.78, 5) is 0. The number of rotatable bonds is 3. The SMILES string of the molecule is Cl.OCCCC1CCCNC1. The monoisotopic (exact) mass is 179 g/mol. The first-order chi connectivity index (χ1) is 4.93.